The third-order valence-corrected chi connectivity index (χ3v) is 5.00. The Morgan fingerprint density at radius 1 is 1.11 bits per heavy atom. The molecule has 1 aromatic carbocycles. The summed E-state index contributed by atoms with van der Waals surface area (Å²) in [6.45, 7) is 6.15. The third-order valence-electron chi connectivity index (χ3n) is 5.00. The highest BCUT2D eigenvalue weighted by molar-refractivity contribution is 5.94. The minimum atomic E-state index is 0.0955. The Hall–Kier alpha value is -2.44. The van der Waals surface area contributed by atoms with Crippen LogP contribution in [-0.4, -0.2) is 79.0 Å². The van der Waals surface area contributed by atoms with Crippen LogP contribution in [0.1, 0.15) is 22.3 Å². The molecular weight excluding hydrogens is 350 g/mol. The molecule has 6 heteroatoms. The standard InChI is InChI=1S/C22H31N5O/c1-25(2)12-6-10-23-21-17-20(9-11-24-21)22(28)27-15-13-26(14-16-27)18-19-7-4-3-5-8-19/h3-5,7-9,11,17H,6,10,12-16,18H2,1-2H3,(H,23,24). The Bertz CT molecular complexity index is 742. The van der Waals surface area contributed by atoms with Crippen LogP contribution in [-0.2, 0) is 6.54 Å². The minimum absolute atomic E-state index is 0.0955. The van der Waals surface area contributed by atoms with Crippen molar-refractivity contribution in [2.45, 2.75) is 13.0 Å². The molecule has 1 aliphatic heterocycles. The number of pyridine rings is 1. The fourth-order valence-corrected chi connectivity index (χ4v) is 3.41. The van der Waals surface area contributed by atoms with Crippen molar-refractivity contribution in [2.75, 3.05) is 58.7 Å². The summed E-state index contributed by atoms with van der Waals surface area (Å²) < 4.78 is 0. The first-order valence-corrected chi connectivity index (χ1v) is 10.0. The number of carbonyl (C=O) groups is 1. The molecule has 6 nitrogen and oxygen atoms in total. The Morgan fingerprint density at radius 3 is 2.57 bits per heavy atom. The van der Waals surface area contributed by atoms with E-state index < -0.39 is 0 Å². The smallest absolute Gasteiger partial charge is 0.254 e. The van der Waals surface area contributed by atoms with Crippen LogP contribution in [0, 0.1) is 0 Å². The summed E-state index contributed by atoms with van der Waals surface area (Å²) in [5, 5.41) is 3.32. The van der Waals surface area contributed by atoms with Gasteiger partial charge in [0.2, 0.25) is 0 Å². The van der Waals surface area contributed by atoms with Crippen LogP contribution < -0.4 is 5.32 Å². The lowest BCUT2D eigenvalue weighted by Crippen LogP contribution is -2.48. The summed E-state index contributed by atoms with van der Waals surface area (Å²) in [5.41, 5.74) is 2.03. The molecule has 1 amide bonds. The van der Waals surface area contributed by atoms with Crippen LogP contribution in [0.4, 0.5) is 5.82 Å². The molecule has 1 N–H and O–H groups in total. The summed E-state index contributed by atoms with van der Waals surface area (Å²) in [5.74, 6) is 0.866. The maximum atomic E-state index is 12.9. The van der Waals surface area contributed by atoms with Crippen LogP contribution in [0.25, 0.3) is 0 Å². The molecule has 0 bridgehead atoms. The molecule has 1 aromatic heterocycles. The van der Waals surface area contributed by atoms with Gasteiger partial charge < -0.3 is 15.1 Å². The molecule has 2 heterocycles. The van der Waals surface area contributed by atoms with E-state index in [1.807, 2.05) is 23.1 Å². The fraction of sp³-hybridized carbons (Fsp3) is 0.455. The van der Waals surface area contributed by atoms with Gasteiger partial charge in [-0.05, 0) is 44.8 Å². The Kier molecular flexibility index (Phi) is 7.39. The number of nitrogens with one attached hydrogen (secondary N) is 1. The molecule has 2 aromatic rings. The lowest BCUT2D eigenvalue weighted by atomic mass is 10.1. The van der Waals surface area contributed by atoms with Crippen LogP contribution in [0.5, 0.6) is 0 Å². The quantitative estimate of drug-likeness (QED) is 0.712. The van der Waals surface area contributed by atoms with E-state index in [0.29, 0.717) is 5.56 Å². The Morgan fingerprint density at radius 2 is 1.86 bits per heavy atom. The molecule has 0 radical (unpaired) electrons. The second-order valence-corrected chi connectivity index (χ2v) is 7.57. The number of anilines is 1. The molecule has 0 aliphatic carbocycles. The normalized spacial score (nSPS) is 15.0. The molecule has 1 aliphatic rings. The van der Waals surface area contributed by atoms with Crippen molar-refractivity contribution in [3.8, 4) is 0 Å². The lowest BCUT2D eigenvalue weighted by Gasteiger charge is -2.34. The van der Waals surface area contributed by atoms with Gasteiger partial charge in [-0.25, -0.2) is 4.98 Å². The van der Waals surface area contributed by atoms with Gasteiger partial charge >= 0.3 is 0 Å². The number of aromatic nitrogens is 1. The SMILES string of the molecule is CN(C)CCCNc1cc(C(=O)N2CCN(Cc3ccccc3)CC2)ccn1. The van der Waals surface area contributed by atoms with Crippen LogP contribution >= 0.6 is 0 Å². The molecule has 3 rings (SSSR count). The number of rotatable bonds is 8. The maximum Gasteiger partial charge on any atom is 0.254 e. The Labute approximate surface area is 168 Å². The summed E-state index contributed by atoms with van der Waals surface area (Å²) in [6, 6.07) is 14.2. The average Bonchev–Trinajstić information content (AvgIpc) is 2.72. The van der Waals surface area contributed by atoms with Crippen molar-refractivity contribution >= 4 is 11.7 Å². The van der Waals surface area contributed by atoms with Crippen molar-refractivity contribution in [3.05, 3.63) is 59.8 Å². The van der Waals surface area contributed by atoms with Gasteiger partial charge in [0.25, 0.3) is 5.91 Å². The average molecular weight is 382 g/mol. The van der Waals surface area contributed by atoms with E-state index in [1.54, 1.807) is 6.20 Å². The minimum Gasteiger partial charge on any atom is -0.370 e. The van der Waals surface area contributed by atoms with Gasteiger partial charge in [0.05, 0.1) is 0 Å². The summed E-state index contributed by atoms with van der Waals surface area (Å²) in [7, 11) is 4.13. The molecule has 28 heavy (non-hydrogen) atoms. The van der Waals surface area contributed by atoms with E-state index in [-0.39, 0.29) is 5.91 Å². The number of nitrogens with zero attached hydrogens (tertiary/aromatic N) is 4. The number of amides is 1. The van der Waals surface area contributed by atoms with Crippen molar-refractivity contribution in [1.82, 2.24) is 19.7 Å². The largest absolute Gasteiger partial charge is 0.370 e. The first-order valence-electron chi connectivity index (χ1n) is 10.0. The van der Waals surface area contributed by atoms with Crippen molar-refractivity contribution in [2.24, 2.45) is 0 Å². The fourth-order valence-electron chi connectivity index (χ4n) is 3.41. The van der Waals surface area contributed by atoms with E-state index in [4.69, 9.17) is 0 Å². The van der Waals surface area contributed by atoms with Gasteiger partial charge in [-0.2, -0.15) is 0 Å². The predicted molar refractivity (Wildman–Crippen MR) is 114 cm³/mol. The van der Waals surface area contributed by atoms with Crippen LogP contribution in [0.3, 0.4) is 0 Å². The summed E-state index contributed by atoms with van der Waals surface area (Å²) >= 11 is 0. The number of hydrogen-bond donors (Lipinski definition) is 1. The van der Waals surface area contributed by atoms with Gasteiger partial charge in [0, 0.05) is 51.0 Å². The molecule has 0 spiro atoms. The first-order chi connectivity index (χ1) is 13.6. The molecule has 1 saturated heterocycles. The number of benzene rings is 1. The van der Waals surface area contributed by atoms with Gasteiger partial charge in [-0.1, -0.05) is 30.3 Å². The molecule has 0 unspecified atom stereocenters. The molecule has 0 saturated carbocycles. The zero-order valence-electron chi connectivity index (χ0n) is 17.0. The van der Waals surface area contributed by atoms with E-state index >= 15 is 0 Å². The number of hydrogen-bond acceptors (Lipinski definition) is 5. The highest BCUT2D eigenvalue weighted by Crippen LogP contribution is 2.13. The maximum absolute atomic E-state index is 12.9. The van der Waals surface area contributed by atoms with E-state index in [0.717, 1.165) is 58.1 Å². The molecule has 150 valence electrons. The third kappa shape index (κ3) is 6.04. The Balaban J connectivity index is 1.48. The van der Waals surface area contributed by atoms with Gasteiger partial charge in [-0.3, -0.25) is 9.69 Å². The molecule has 1 fully saturated rings. The second-order valence-electron chi connectivity index (χ2n) is 7.57. The molecular formula is C22H31N5O. The number of piperazine rings is 1. The van der Waals surface area contributed by atoms with E-state index in [9.17, 15) is 4.79 Å². The van der Waals surface area contributed by atoms with E-state index in [1.165, 1.54) is 5.56 Å². The van der Waals surface area contributed by atoms with Gasteiger partial charge in [-0.15, -0.1) is 0 Å². The van der Waals surface area contributed by atoms with E-state index in [2.05, 4.69) is 58.5 Å². The zero-order chi connectivity index (χ0) is 19.8. The predicted octanol–water partition coefficient (Wildman–Crippen LogP) is 2.40. The lowest BCUT2D eigenvalue weighted by molar-refractivity contribution is 0.0628. The van der Waals surface area contributed by atoms with Crippen molar-refractivity contribution in [3.63, 3.8) is 0 Å². The zero-order valence-corrected chi connectivity index (χ0v) is 17.0. The first kappa shape index (κ1) is 20.3. The highest BCUT2D eigenvalue weighted by atomic mass is 16.2. The highest BCUT2D eigenvalue weighted by Gasteiger charge is 2.22. The van der Waals surface area contributed by atoms with Crippen LogP contribution in [0.15, 0.2) is 48.7 Å². The summed E-state index contributed by atoms with van der Waals surface area (Å²) in [6.07, 6.45) is 2.75. The van der Waals surface area contributed by atoms with Crippen LogP contribution in [0.2, 0.25) is 0 Å². The monoisotopic (exact) mass is 381 g/mol. The molecule has 0 atom stereocenters. The van der Waals surface area contributed by atoms with Crippen molar-refractivity contribution < 1.29 is 4.79 Å². The topological polar surface area (TPSA) is 51.7 Å². The second kappa shape index (κ2) is 10.2. The van der Waals surface area contributed by atoms with Crippen molar-refractivity contribution in [1.29, 1.82) is 0 Å². The number of carbonyl (C=O) groups excluding carboxylic acids is 1. The van der Waals surface area contributed by atoms with Gasteiger partial charge in [0.15, 0.2) is 0 Å². The summed E-state index contributed by atoms with van der Waals surface area (Å²) in [4.78, 5) is 23.7. The van der Waals surface area contributed by atoms with Gasteiger partial charge in [0.1, 0.15) is 5.82 Å².